The van der Waals surface area contributed by atoms with Gasteiger partial charge in [0.2, 0.25) is 0 Å². The van der Waals surface area contributed by atoms with Gasteiger partial charge in [0.1, 0.15) is 13.2 Å². The van der Waals surface area contributed by atoms with Gasteiger partial charge in [-0.2, -0.15) is 0 Å². The van der Waals surface area contributed by atoms with Crippen molar-refractivity contribution < 1.29 is 28.6 Å². The van der Waals surface area contributed by atoms with E-state index in [2.05, 4.69) is 142 Å². The zero-order chi connectivity index (χ0) is 59.2. The molecule has 0 radical (unpaired) electrons. The van der Waals surface area contributed by atoms with Crippen LogP contribution in [-0.4, -0.2) is 37.2 Å². The Bertz CT molecular complexity index is 1690. The fourth-order valence-electron chi connectivity index (χ4n) is 9.57. The van der Waals surface area contributed by atoms with Gasteiger partial charge in [-0.25, -0.2) is 0 Å². The number of rotatable bonds is 62. The largest absolute Gasteiger partial charge is 0.462 e. The van der Waals surface area contributed by atoms with E-state index in [0.29, 0.717) is 19.3 Å². The lowest BCUT2D eigenvalue weighted by atomic mass is 10.0. The van der Waals surface area contributed by atoms with Gasteiger partial charge in [-0.05, 0) is 128 Å². The third kappa shape index (κ3) is 66.6. The Balaban J connectivity index is 4.28. The van der Waals surface area contributed by atoms with Gasteiger partial charge in [-0.1, -0.05) is 296 Å². The van der Waals surface area contributed by atoms with Crippen LogP contribution in [0.3, 0.4) is 0 Å². The summed E-state index contributed by atoms with van der Waals surface area (Å²) in [7, 11) is 0. The van der Waals surface area contributed by atoms with Crippen molar-refractivity contribution in [3.05, 3.63) is 122 Å². The highest BCUT2D eigenvalue weighted by Gasteiger charge is 2.19. The number of esters is 3. The zero-order valence-electron chi connectivity index (χ0n) is 53.7. The highest BCUT2D eigenvalue weighted by molar-refractivity contribution is 5.71. The van der Waals surface area contributed by atoms with E-state index in [4.69, 9.17) is 14.2 Å². The molecule has 0 aromatic heterocycles. The standard InChI is InChI=1S/C76H128O6/c1-4-7-10-13-16-19-22-25-28-30-32-33-34-35-36-37-38-39-40-41-42-43-44-46-48-51-54-57-60-63-66-69-75(78)81-72-73(71-80-74(77)68-65-62-59-56-53-50-47-27-24-21-18-15-12-9-6-3)82-76(79)70-67-64-61-58-55-52-49-45-31-29-26-23-20-17-14-11-8-5-2/h7,9-10,12,16,18-21,23,25,27-29,31-33,35-36,47,73H,4-6,8,11,13-15,17,22,24,26,30,34,37-46,48-72H2,1-3H3/b10-7-,12-9-,19-16-,21-18-,23-20-,28-25-,31-29-,33-32-,36-35-,47-27-. The first-order valence-electron chi connectivity index (χ1n) is 34.5. The van der Waals surface area contributed by atoms with Crippen molar-refractivity contribution in [2.45, 2.75) is 329 Å². The Morgan fingerprint density at radius 2 is 0.476 bits per heavy atom. The maximum atomic E-state index is 12.9. The van der Waals surface area contributed by atoms with Crippen LogP contribution >= 0.6 is 0 Å². The molecule has 0 amide bonds. The molecule has 0 aromatic carbocycles. The first kappa shape index (κ1) is 77.8. The van der Waals surface area contributed by atoms with E-state index in [1.54, 1.807) is 0 Å². The predicted octanol–water partition coefficient (Wildman–Crippen LogP) is 23.9. The number of unbranched alkanes of at least 4 members (excludes halogenated alkanes) is 31. The second kappa shape index (κ2) is 69.3. The van der Waals surface area contributed by atoms with Gasteiger partial charge in [0.15, 0.2) is 6.10 Å². The average molecular weight is 1140 g/mol. The van der Waals surface area contributed by atoms with Crippen LogP contribution in [0.1, 0.15) is 323 Å². The molecule has 6 heteroatoms. The Morgan fingerprint density at radius 3 is 0.744 bits per heavy atom. The van der Waals surface area contributed by atoms with Crippen LogP contribution in [0.15, 0.2) is 122 Å². The van der Waals surface area contributed by atoms with Gasteiger partial charge in [0.05, 0.1) is 0 Å². The van der Waals surface area contributed by atoms with Crippen LogP contribution in [-0.2, 0) is 28.6 Å². The summed E-state index contributed by atoms with van der Waals surface area (Å²) in [5.41, 5.74) is 0. The Kier molecular flexibility index (Phi) is 65.8. The van der Waals surface area contributed by atoms with Gasteiger partial charge in [0.25, 0.3) is 0 Å². The molecule has 0 spiro atoms. The molecule has 6 nitrogen and oxygen atoms in total. The SMILES string of the molecule is CC/C=C\C/C=C\C/C=C\C/C=C\C/C=C\CCCCCCCCCCCCCCCCCC(=O)OCC(COC(=O)CCCCCCC/C=C\C/C=C\C/C=C\CC)OC(=O)CCCCCCCCC/C=C\C/C=C\CCCCCC. The predicted molar refractivity (Wildman–Crippen MR) is 357 cm³/mol. The van der Waals surface area contributed by atoms with Crippen molar-refractivity contribution in [3.63, 3.8) is 0 Å². The maximum absolute atomic E-state index is 12.9. The fraction of sp³-hybridized carbons (Fsp3) is 0.697. The quantitative estimate of drug-likeness (QED) is 0.0261. The summed E-state index contributed by atoms with van der Waals surface area (Å²) >= 11 is 0. The first-order chi connectivity index (χ1) is 40.5. The topological polar surface area (TPSA) is 78.9 Å². The molecule has 0 rings (SSSR count). The zero-order valence-corrected chi connectivity index (χ0v) is 53.7. The summed E-state index contributed by atoms with van der Waals surface area (Å²) in [5.74, 6) is -0.902. The normalized spacial score (nSPS) is 12.9. The van der Waals surface area contributed by atoms with Crippen molar-refractivity contribution in [2.24, 2.45) is 0 Å². The minimum Gasteiger partial charge on any atom is -0.462 e. The van der Waals surface area contributed by atoms with Gasteiger partial charge in [-0.15, -0.1) is 0 Å². The van der Waals surface area contributed by atoms with Crippen LogP contribution < -0.4 is 0 Å². The first-order valence-corrected chi connectivity index (χ1v) is 34.5. The summed E-state index contributed by atoms with van der Waals surface area (Å²) in [4.78, 5) is 38.4. The van der Waals surface area contributed by atoms with Crippen LogP contribution in [0.4, 0.5) is 0 Å². The van der Waals surface area contributed by atoms with Crippen LogP contribution in [0.25, 0.3) is 0 Å². The van der Waals surface area contributed by atoms with E-state index in [1.807, 2.05) is 0 Å². The minimum absolute atomic E-state index is 0.0870. The molecule has 0 aromatic rings. The summed E-state index contributed by atoms with van der Waals surface area (Å²) < 4.78 is 17.0. The summed E-state index contributed by atoms with van der Waals surface area (Å²) in [6.45, 7) is 6.40. The molecule has 0 aliphatic carbocycles. The highest BCUT2D eigenvalue weighted by atomic mass is 16.6. The number of hydrogen-bond donors (Lipinski definition) is 0. The summed E-state index contributed by atoms with van der Waals surface area (Å²) in [6, 6.07) is 0. The summed E-state index contributed by atoms with van der Waals surface area (Å²) in [6.07, 6.45) is 96.5. The molecule has 1 unspecified atom stereocenters. The molecule has 0 saturated heterocycles. The monoisotopic (exact) mass is 1140 g/mol. The number of hydrogen-bond acceptors (Lipinski definition) is 6. The Morgan fingerprint density at radius 1 is 0.256 bits per heavy atom. The van der Waals surface area contributed by atoms with Crippen molar-refractivity contribution in [1.29, 1.82) is 0 Å². The van der Waals surface area contributed by atoms with Crippen molar-refractivity contribution in [2.75, 3.05) is 13.2 Å². The lowest BCUT2D eigenvalue weighted by Gasteiger charge is -2.18. The van der Waals surface area contributed by atoms with Gasteiger partial charge >= 0.3 is 17.9 Å². The molecule has 0 bridgehead atoms. The molecule has 0 fully saturated rings. The van der Waals surface area contributed by atoms with E-state index >= 15 is 0 Å². The second-order valence-corrected chi connectivity index (χ2v) is 22.7. The van der Waals surface area contributed by atoms with E-state index in [1.165, 1.54) is 141 Å². The van der Waals surface area contributed by atoms with E-state index < -0.39 is 6.10 Å². The van der Waals surface area contributed by atoms with Gasteiger partial charge < -0.3 is 14.2 Å². The molecule has 82 heavy (non-hydrogen) atoms. The molecule has 0 heterocycles. The maximum Gasteiger partial charge on any atom is 0.306 e. The Hall–Kier alpha value is -4.19. The van der Waals surface area contributed by atoms with Crippen molar-refractivity contribution in [3.8, 4) is 0 Å². The number of carbonyl (C=O) groups is 3. The number of ether oxygens (including phenoxy) is 3. The van der Waals surface area contributed by atoms with E-state index in [9.17, 15) is 14.4 Å². The smallest absolute Gasteiger partial charge is 0.306 e. The lowest BCUT2D eigenvalue weighted by Crippen LogP contribution is -2.30. The minimum atomic E-state index is -0.793. The molecular formula is C76H128O6. The molecule has 1 atom stereocenters. The lowest BCUT2D eigenvalue weighted by molar-refractivity contribution is -0.167. The number of allylic oxidation sites excluding steroid dienone is 20. The fourth-order valence-corrected chi connectivity index (χ4v) is 9.57. The molecule has 0 saturated carbocycles. The third-order valence-corrected chi connectivity index (χ3v) is 14.7. The number of carbonyl (C=O) groups excluding carboxylic acids is 3. The van der Waals surface area contributed by atoms with Crippen LogP contribution in [0, 0.1) is 0 Å². The molecule has 468 valence electrons. The highest BCUT2D eigenvalue weighted by Crippen LogP contribution is 2.17. The third-order valence-electron chi connectivity index (χ3n) is 14.7. The van der Waals surface area contributed by atoms with Crippen LogP contribution in [0.2, 0.25) is 0 Å². The molecule has 0 aliphatic rings. The van der Waals surface area contributed by atoms with Crippen molar-refractivity contribution >= 4 is 17.9 Å². The van der Waals surface area contributed by atoms with Gasteiger partial charge in [0, 0.05) is 19.3 Å². The Labute approximate surface area is 507 Å². The second-order valence-electron chi connectivity index (χ2n) is 22.7. The molecular weight excluding hydrogens is 1010 g/mol. The van der Waals surface area contributed by atoms with Crippen LogP contribution in [0.5, 0.6) is 0 Å². The average Bonchev–Trinajstić information content (AvgIpc) is 3.47. The molecule has 0 aliphatic heterocycles. The summed E-state index contributed by atoms with van der Waals surface area (Å²) in [5, 5.41) is 0. The molecule has 0 N–H and O–H groups in total. The van der Waals surface area contributed by atoms with Crippen molar-refractivity contribution in [1.82, 2.24) is 0 Å². The van der Waals surface area contributed by atoms with E-state index in [0.717, 1.165) is 141 Å². The van der Waals surface area contributed by atoms with E-state index in [-0.39, 0.29) is 31.1 Å². The van der Waals surface area contributed by atoms with Gasteiger partial charge in [-0.3, -0.25) is 14.4 Å².